The first-order valence-electron chi connectivity index (χ1n) is 12.3. The van der Waals surface area contributed by atoms with E-state index in [-0.39, 0.29) is 20.8 Å². The Morgan fingerprint density at radius 2 is 1.82 bits per heavy atom. The smallest absolute Gasteiger partial charge is 0.263 e. The fourth-order valence-corrected chi connectivity index (χ4v) is 6.37. The molecule has 2 aromatic carbocycles. The normalized spacial score (nSPS) is 14.9. The lowest BCUT2D eigenvalue weighted by atomic mass is 9.97. The van der Waals surface area contributed by atoms with E-state index in [9.17, 15) is 13.2 Å². The zero-order valence-electron chi connectivity index (χ0n) is 21.1. The van der Waals surface area contributed by atoms with Gasteiger partial charge in [-0.05, 0) is 68.7 Å². The number of nitrogen functional groups attached to an aromatic ring is 1. The minimum atomic E-state index is -3.96. The molecule has 4 N–H and O–H groups in total. The van der Waals surface area contributed by atoms with Gasteiger partial charge < -0.3 is 16.0 Å². The van der Waals surface area contributed by atoms with Crippen LogP contribution >= 0.6 is 23.2 Å². The number of carbonyl (C=O) groups excluding carboxylic acids is 1. The van der Waals surface area contributed by atoms with Crippen molar-refractivity contribution in [2.75, 3.05) is 37.1 Å². The summed E-state index contributed by atoms with van der Waals surface area (Å²) >= 11 is 12.1. The number of sulfonamides is 1. The van der Waals surface area contributed by atoms with Crippen molar-refractivity contribution in [1.29, 1.82) is 0 Å². The van der Waals surface area contributed by atoms with E-state index in [1.165, 1.54) is 28.9 Å². The molecule has 0 saturated carbocycles. The van der Waals surface area contributed by atoms with Crippen molar-refractivity contribution in [3.8, 4) is 11.1 Å². The first-order chi connectivity index (χ1) is 18.6. The van der Waals surface area contributed by atoms with E-state index in [4.69, 9.17) is 28.9 Å². The lowest BCUT2D eigenvalue weighted by molar-refractivity contribution is 0.0940. The van der Waals surface area contributed by atoms with Gasteiger partial charge in [0, 0.05) is 24.0 Å². The molecule has 1 amide bonds. The van der Waals surface area contributed by atoms with Gasteiger partial charge in [-0.3, -0.25) is 9.52 Å². The first-order valence-corrected chi connectivity index (χ1v) is 14.5. The summed E-state index contributed by atoms with van der Waals surface area (Å²) in [5.74, 6) is 0.514. The SMILES string of the molecule is CN1CCC(CNC(=O)c2cnn3c(N)c(-c4ccc(NS(=O)(=O)c5cccc(Cl)c5Cl)cc4)cnc23)CC1. The number of halogens is 2. The molecule has 1 aliphatic rings. The fourth-order valence-electron chi connectivity index (χ4n) is 4.55. The molecule has 0 unspecified atom stereocenters. The minimum Gasteiger partial charge on any atom is -0.383 e. The molecule has 0 radical (unpaired) electrons. The van der Waals surface area contributed by atoms with Crippen molar-refractivity contribution in [3.05, 3.63) is 70.5 Å². The molecule has 1 saturated heterocycles. The molecule has 10 nitrogen and oxygen atoms in total. The molecular weight excluding hydrogens is 561 g/mol. The second kappa shape index (κ2) is 11.0. The van der Waals surface area contributed by atoms with Crippen LogP contribution in [0.3, 0.4) is 0 Å². The zero-order chi connectivity index (χ0) is 27.7. The van der Waals surface area contributed by atoms with Crippen molar-refractivity contribution >= 4 is 56.3 Å². The maximum atomic E-state index is 12.9. The number of nitrogens with zero attached hydrogens (tertiary/aromatic N) is 4. The van der Waals surface area contributed by atoms with Gasteiger partial charge in [0.05, 0.1) is 16.2 Å². The number of hydrogen-bond acceptors (Lipinski definition) is 7. The number of amides is 1. The number of benzene rings is 2. The highest BCUT2D eigenvalue weighted by Gasteiger charge is 2.22. The molecule has 13 heteroatoms. The Morgan fingerprint density at radius 3 is 2.54 bits per heavy atom. The molecule has 2 aromatic heterocycles. The molecule has 4 aromatic rings. The number of piperidine rings is 1. The van der Waals surface area contributed by atoms with E-state index in [1.54, 1.807) is 30.5 Å². The van der Waals surface area contributed by atoms with Crippen LogP contribution in [-0.4, -0.2) is 60.5 Å². The maximum absolute atomic E-state index is 12.9. The maximum Gasteiger partial charge on any atom is 0.263 e. The number of aromatic nitrogens is 3. The van der Waals surface area contributed by atoms with E-state index < -0.39 is 10.0 Å². The summed E-state index contributed by atoms with van der Waals surface area (Å²) < 4.78 is 29.5. The average molecular weight is 589 g/mol. The van der Waals surface area contributed by atoms with Crippen molar-refractivity contribution in [3.63, 3.8) is 0 Å². The number of hydrogen-bond donors (Lipinski definition) is 3. The number of likely N-dealkylation sites (tertiary alicyclic amines) is 1. The van der Waals surface area contributed by atoms with E-state index in [2.05, 4.69) is 32.1 Å². The van der Waals surface area contributed by atoms with Gasteiger partial charge in [0.15, 0.2) is 5.65 Å². The third kappa shape index (κ3) is 5.67. The summed E-state index contributed by atoms with van der Waals surface area (Å²) in [5, 5.41) is 7.39. The van der Waals surface area contributed by atoms with Crippen LogP contribution < -0.4 is 15.8 Å². The third-order valence-corrected chi connectivity index (χ3v) is 9.21. The Balaban J connectivity index is 1.31. The predicted octanol–water partition coefficient (Wildman–Crippen LogP) is 4.16. The van der Waals surface area contributed by atoms with Crippen LogP contribution in [0.5, 0.6) is 0 Å². The van der Waals surface area contributed by atoms with Crippen molar-refractivity contribution in [2.24, 2.45) is 5.92 Å². The number of carbonyl (C=O) groups is 1. The van der Waals surface area contributed by atoms with Crippen LogP contribution in [0.1, 0.15) is 23.2 Å². The molecule has 0 atom stereocenters. The van der Waals surface area contributed by atoms with Gasteiger partial charge in [-0.25, -0.2) is 13.4 Å². The minimum absolute atomic E-state index is 0.0514. The fraction of sp³-hybridized carbons (Fsp3) is 0.269. The summed E-state index contributed by atoms with van der Waals surface area (Å²) in [7, 11) is -1.85. The van der Waals surface area contributed by atoms with Gasteiger partial charge in [0.25, 0.3) is 15.9 Å². The van der Waals surface area contributed by atoms with Crippen LogP contribution in [0.25, 0.3) is 16.8 Å². The highest BCUT2D eigenvalue weighted by atomic mass is 35.5. The molecule has 39 heavy (non-hydrogen) atoms. The van der Waals surface area contributed by atoms with Crippen molar-refractivity contribution in [1.82, 2.24) is 24.8 Å². The molecule has 0 aliphatic carbocycles. The number of fused-ring (bicyclic) bond motifs is 1. The molecule has 204 valence electrons. The van der Waals surface area contributed by atoms with Gasteiger partial charge >= 0.3 is 0 Å². The van der Waals surface area contributed by atoms with Gasteiger partial charge in [0.2, 0.25) is 0 Å². The van der Waals surface area contributed by atoms with Crippen molar-refractivity contribution in [2.45, 2.75) is 17.7 Å². The molecule has 3 heterocycles. The molecule has 1 fully saturated rings. The van der Waals surface area contributed by atoms with Crippen molar-refractivity contribution < 1.29 is 13.2 Å². The standard InChI is InChI=1S/C26H27Cl2N7O3S/c1-34-11-9-16(10-12-34)13-31-26(36)20-15-32-35-24(29)19(14-30-25(20)35)17-5-7-18(8-6-17)33-39(37,38)22-4-2-3-21(27)23(22)28/h2-8,14-16,33H,9-13,29H2,1H3,(H,31,36). The summed E-state index contributed by atoms with van der Waals surface area (Å²) in [6.07, 6.45) is 5.14. The summed E-state index contributed by atoms with van der Waals surface area (Å²) in [5.41, 5.74) is 8.71. The van der Waals surface area contributed by atoms with Gasteiger partial charge in [-0.15, -0.1) is 0 Å². The Bertz CT molecular complexity index is 1630. The Labute approximate surface area is 236 Å². The lowest BCUT2D eigenvalue weighted by Gasteiger charge is -2.28. The largest absolute Gasteiger partial charge is 0.383 e. The molecular formula is C26H27Cl2N7O3S. The van der Waals surface area contributed by atoms with Gasteiger partial charge in [0.1, 0.15) is 16.3 Å². The van der Waals surface area contributed by atoms with Crippen LogP contribution in [0.2, 0.25) is 10.0 Å². The molecule has 5 rings (SSSR count). The van der Waals surface area contributed by atoms with E-state index in [1.807, 2.05) is 0 Å². The second-order valence-electron chi connectivity index (χ2n) is 9.54. The number of nitrogens with two attached hydrogens (primary N) is 1. The second-order valence-corrected chi connectivity index (χ2v) is 12.0. The highest BCUT2D eigenvalue weighted by molar-refractivity contribution is 7.92. The number of rotatable bonds is 7. The molecule has 0 spiro atoms. The lowest BCUT2D eigenvalue weighted by Crippen LogP contribution is -2.36. The van der Waals surface area contributed by atoms with Gasteiger partial charge in [-0.2, -0.15) is 9.61 Å². The quantitative estimate of drug-likeness (QED) is 0.295. The Kier molecular flexibility index (Phi) is 7.68. The number of anilines is 2. The Morgan fingerprint density at radius 1 is 1.10 bits per heavy atom. The topological polar surface area (TPSA) is 135 Å². The zero-order valence-corrected chi connectivity index (χ0v) is 23.4. The van der Waals surface area contributed by atoms with Crippen LogP contribution in [0, 0.1) is 5.92 Å². The van der Waals surface area contributed by atoms with Crippen LogP contribution in [-0.2, 0) is 10.0 Å². The van der Waals surface area contributed by atoms with Gasteiger partial charge in [-0.1, -0.05) is 41.4 Å². The average Bonchev–Trinajstić information content (AvgIpc) is 3.35. The first kappa shape index (κ1) is 27.2. The highest BCUT2D eigenvalue weighted by Crippen LogP contribution is 2.31. The van der Waals surface area contributed by atoms with Crippen LogP contribution in [0.15, 0.2) is 59.8 Å². The van der Waals surface area contributed by atoms with E-state index >= 15 is 0 Å². The van der Waals surface area contributed by atoms with E-state index in [0.717, 1.165) is 25.9 Å². The third-order valence-electron chi connectivity index (χ3n) is 6.85. The van der Waals surface area contributed by atoms with E-state index in [0.29, 0.717) is 46.3 Å². The monoisotopic (exact) mass is 587 g/mol. The molecule has 1 aliphatic heterocycles. The number of nitrogens with one attached hydrogen (secondary N) is 2. The molecule has 0 bridgehead atoms. The Hall–Kier alpha value is -3.38. The van der Waals surface area contributed by atoms with Crippen LogP contribution in [0.4, 0.5) is 11.5 Å². The summed E-state index contributed by atoms with van der Waals surface area (Å²) in [6.45, 7) is 2.67. The predicted molar refractivity (Wildman–Crippen MR) is 153 cm³/mol. The summed E-state index contributed by atoms with van der Waals surface area (Å²) in [4.78, 5) is 19.5. The summed E-state index contributed by atoms with van der Waals surface area (Å²) in [6, 6.07) is 11.0.